The van der Waals surface area contributed by atoms with E-state index in [9.17, 15) is 22.4 Å². The molecule has 0 aromatic heterocycles. The van der Waals surface area contributed by atoms with Crippen molar-refractivity contribution >= 4 is 27.5 Å². The number of carbonyl (C=O) groups is 2. The van der Waals surface area contributed by atoms with Crippen LogP contribution in [0.2, 0.25) is 0 Å². The maximum Gasteiger partial charge on any atom is 0.264 e. The Labute approximate surface area is 246 Å². The van der Waals surface area contributed by atoms with Crippen LogP contribution in [0.15, 0.2) is 71.6 Å². The van der Waals surface area contributed by atoms with E-state index in [2.05, 4.69) is 5.32 Å². The second-order valence-electron chi connectivity index (χ2n) is 10.6. The third-order valence-electron chi connectivity index (χ3n) is 6.78. The first-order chi connectivity index (χ1) is 20.0. The van der Waals surface area contributed by atoms with Gasteiger partial charge in [0.25, 0.3) is 10.0 Å². The summed E-state index contributed by atoms with van der Waals surface area (Å²) in [5.74, 6) is -0.633. The van der Waals surface area contributed by atoms with Gasteiger partial charge in [-0.05, 0) is 61.7 Å². The predicted octanol–water partition coefficient (Wildman–Crippen LogP) is 4.29. The Kier molecular flexibility index (Phi) is 9.72. The Morgan fingerprint density at radius 2 is 1.64 bits per heavy atom. The highest BCUT2D eigenvalue weighted by molar-refractivity contribution is 7.92. The minimum atomic E-state index is -4.35. The van der Waals surface area contributed by atoms with Crippen LogP contribution in [0, 0.1) is 18.7 Å². The second kappa shape index (κ2) is 13.2. The highest BCUT2D eigenvalue weighted by atomic mass is 32.2. The Bertz CT molecular complexity index is 1530. The summed E-state index contributed by atoms with van der Waals surface area (Å²) in [6, 6.07) is 15.7. The lowest BCUT2D eigenvalue weighted by atomic mass is 10.1. The highest BCUT2D eigenvalue weighted by Crippen LogP contribution is 2.34. The van der Waals surface area contributed by atoms with Crippen LogP contribution < -0.4 is 19.1 Å². The number of amides is 2. The van der Waals surface area contributed by atoms with Crippen molar-refractivity contribution in [1.82, 2.24) is 10.2 Å². The summed E-state index contributed by atoms with van der Waals surface area (Å²) in [6.45, 7) is 7.94. The van der Waals surface area contributed by atoms with Crippen LogP contribution in [-0.4, -0.2) is 57.5 Å². The summed E-state index contributed by atoms with van der Waals surface area (Å²) in [6.07, 6.45) is 0. The summed E-state index contributed by atoms with van der Waals surface area (Å²) in [5, 5.41) is 2.86. The summed E-state index contributed by atoms with van der Waals surface area (Å²) in [7, 11) is -4.35. The van der Waals surface area contributed by atoms with Gasteiger partial charge >= 0.3 is 0 Å². The number of hydrogen-bond acceptors (Lipinski definition) is 6. The van der Waals surface area contributed by atoms with Crippen LogP contribution in [-0.2, 0) is 26.2 Å². The molecular weight excluding hydrogens is 561 g/mol. The van der Waals surface area contributed by atoms with E-state index in [0.29, 0.717) is 18.9 Å². The van der Waals surface area contributed by atoms with E-state index in [4.69, 9.17) is 9.47 Å². The molecule has 1 heterocycles. The Balaban J connectivity index is 1.71. The van der Waals surface area contributed by atoms with Crippen molar-refractivity contribution in [2.45, 2.75) is 45.2 Å². The number of hydrogen-bond donors (Lipinski definition) is 1. The SMILES string of the molecule is Cc1cccc(CN(C(=O)CN(c2ccc(F)cc2)S(=O)(=O)c2ccc3c(c2)OCCO3)C(C)C(=O)NCC(C)C)c1. The first-order valence-electron chi connectivity index (χ1n) is 13.8. The van der Waals surface area contributed by atoms with E-state index in [1.165, 1.54) is 35.2 Å². The molecule has 1 aliphatic rings. The van der Waals surface area contributed by atoms with E-state index in [1.54, 1.807) is 6.92 Å². The van der Waals surface area contributed by atoms with Crippen LogP contribution >= 0.6 is 0 Å². The van der Waals surface area contributed by atoms with E-state index in [-0.39, 0.29) is 41.3 Å². The van der Waals surface area contributed by atoms with E-state index >= 15 is 0 Å². The maximum atomic E-state index is 14.0. The molecule has 11 heteroatoms. The first kappa shape index (κ1) is 30.8. The summed E-state index contributed by atoms with van der Waals surface area (Å²) < 4.78 is 53.9. The number of benzene rings is 3. The fraction of sp³-hybridized carbons (Fsp3) is 0.355. The summed E-state index contributed by atoms with van der Waals surface area (Å²) in [4.78, 5) is 28.3. The lowest BCUT2D eigenvalue weighted by Gasteiger charge is -2.32. The zero-order chi connectivity index (χ0) is 30.4. The van der Waals surface area contributed by atoms with Crippen molar-refractivity contribution in [2.24, 2.45) is 5.92 Å². The molecule has 224 valence electrons. The number of anilines is 1. The van der Waals surface area contributed by atoms with Crippen LogP contribution in [0.3, 0.4) is 0 Å². The van der Waals surface area contributed by atoms with Crippen LogP contribution in [0.25, 0.3) is 0 Å². The smallest absolute Gasteiger partial charge is 0.264 e. The molecule has 0 saturated carbocycles. The van der Waals surface area contributed by atoms with Crippen LogP contribution in [0.1, 0.15) is 31.9 Å². The van der Waals surface area contributed by atoms with Crippen molar-refractivity contribution in [1.29, 1.82) is 0 Å². The molecule has 1 N–H and O–H groups in total. The number of ether oxygens (including phenoxy) is 2. The highest BCUT2D eigenvalue weighted by Gasteiger charge is 2.33. The summed E-state index contributed by atoms with van der Waals surface area (Å²) >= 11 is 0. The van der Waals surface area contributed by atoms with Gasteiger partial charge in [-0.25, -0.2) is 12.8 Å². The largest absolute Gasteiger partial charge is 0.486 e. The third-order valence-corrected chi connectivity index (χ3v) is 8.55. The minimum absolute atomic E-state index is 0.0815. The first-order valence-corrected chi connectivity index (χ1v) is 15.2. The predicted molar refractivity (Wildman–Crippen MR) is 157 cm³/mol. The zero-order valence-electron chi connectivity index (χ0n) is 24.2. The summed E-state index contributed by atoms with van der Waals surface area (Å²) in [5.41, 5.74) is 1.85. The van der Waals surface area contributed by atoms with Gasteiger partial charge in [-0.3, -0.25) is 13.9 Å². The van der Waals surface area contributed by atoms with E-state index < -0.39 is 34.3 Å². The van der Waals surface area contributed by atoms with Gasteiger partial charge < -0.3 is 19.7 Å². The van der Waals surface area contributed by atoms with Gasteiger partial charge in [-0.1, -0.05) is 43.7 Å². The quantitative estimate of drug-likeness (QED) is 0.354. The Morgan fingerprint density at radius 3 is 2.31 bits per heavy atom. The molecule has 0 fully saturated rings. The van der Waals surface area contributed by atoms with Gasteiger partial charge in [0.05, 0.1) is 10.6 Å². The monoisotopic (exact) mass is 597 g/mol. The molecule has 42 heavy (non-hydrogen) atoms. The maximum absolute atomic E-state index is 14.0. The van der Waals surface area contributed by atoms with Crippen molar-refractivity contribution in [3.63, 3.8) is 0 Å². The fourth-order valence-corrected chi connectivity index (χ4v) is 5.92. The molecular formula is C31H36FN3O6S. The molecule has 2 amide bonds. The van der Waals surface area contributed by atoms with Crippen molar-refractivity contribution in [2.75, 3.05) is 30.6 Å². The lowest BCUT2D eigenvalue weighted by Crippen LogP contribution is -2.51. The van der Waals surface area contributed by atoms with Gasteiger partial charge in [-0.15, -0.1) is 0 Å². The van der Waals surface area contributed by atoms with Gasteiger partial charge in [0.2, 0.25) is 11.8 Å². The van der Waals surface area contributed by atoms with Gasteiger partial charge in [-0.2, -0.15) is 0 Å². The second-order valence-corrected chi connectivity index (χ2v) is 12.5. The zero-order valence-corrected chi connectivity index (χ0v) is 25.0. The molecule has 4 rings (SSSR count). The number of nitrogens with zero attached hydrogens (tertiary/aromatic N) is 2. The molecule has 0 spiro atoms. The third kappa shape index (κ3) is 7.39. The number of nitrogens with one attached hydrogen (secondary N) is 1. The molecule has 1 unspecified atom stereocenters. The average molecular weight is 598 g/mol. The molecule has 3 aromatic rings. The number of fused-ring (bicyclic) bond motifs is 1. The molecule has 0 radical (unpaired) electrons. The average Bonchev–Trinajstić information content (AvgIpc) is 2.97. The normalized spacial score (nSPS) is 13.4. The Morgan fingerprint density at radius 1 is 0.952 bits per heavy atom. The van der Waals surface area contributed by atoms with Gasteiger partial charge in [0.1, 0.15) is 31.6 Å². The number of aryl methyl sites for hydroxylation is 1. The van der Waals surface area contributed by atoms with E-state index in [0.717, 1.165) is 27.6 Å². The number of sulfonamides is 1. The van der Waals surface area contributed by atoms with Gasteiger partial charge in [0, 0.05) is 19.2 Å². The molecule has 0 bridgehead atoms. The number of rotatable bonds is 11. The fourth-order valence-electron chi connectivity index (χ4n) is 4.49. The van der Waals surface area contributed by atoms with E-state index in [1.807, 2.05) is 45.0 Å². The van der Waals surface area contributed by atoms with Crippen molar-refractivity contribution in [3.8, 4) is 11.5 Å². The molecule has 1 atom stereocenters. The van der Waals surface area contributed by atoms with Gasteiger partial charge in [0.15, 0.2) is 11.5 Å². The number of carbonyl (C=O) groups excluding carboxylic acids is 2. The molecule has 3 aromatic carbocycles. The standard InChI is InChI=1S/C31H36FN3O6S/c1-21(2)18-33-31(37)23(4)34(19-24-7-5-6-22(3)16-24)30(36)20-35(26-10-8-25(32)9-11-26)42(38,39)27-12-13-28-29(17-27)41-15-14-40-28/h5-13,16-17,21,23H,14-15,18-20H2,1-4H3,(H,33,37). The molecule has 9 nitrogen and oxygen atoms in total. The lowest BCUT2D eigenvalue weighted by molar-refractivity contribution is -0.139. The minimum Gasteiger partial charge on any atom is -0.486 e. The molecule has 0 saturated heterocycles. The topological polar surface area (TPSA) is 105 Å². The van der Waals surface area contributed by atoms with Crippen molar-refractivity contribution in [3.05, 3.63) is 83.7 Å². The molecule has 0 aliphatic carbocycles. The van der Waals surface area contributed by atoms with Crippen LogP contribution in [0.5, 0.6) is 11.5 Å². The Hall–Kier alpha value is -4.12. The van der Waals surface area contributed by atoms with Crippen LogP contribution in [0.4, 0.5) is 10.1 Å². The molecule has 1 aliphatic heterocycles. The number of halogens is 1. The van der Waals surface area contributed by atoms with Crippen molar-refractivity contribution < 1.29 is 31.9 Å².